The van der Waals surface area contributed by atoms with Crippen molar-refractivity contribution < 1.29 is 4.79 Å². The normalized spacial score (nSPS) is 17.0. The van der Waals surface area contributed by atoms with Crippen LogP contribution in [0.3, 0.4) is 0 Å². The molecule has 1 amide bonds. The summed E-state index contributed by atoms with van der Waals surface area (Å²) in [6, 6.07) is 10.1. The van der Waals surface area contributed by atoms with E-state index in [-0.39, 0.29) is 42.7 Å². The van der Waals surface area contributed by atoms with Crippen LogP contribution in [0.25, 0.3) is 0 Å². The molecule has 1 saturated heterocycles. The van der Waals surface area contributed by atoms with Crippen LogP contribution in [0.15, 0.2) is 30.3 Å². The number of hydrogen-bond donors (Lipinski definition) is 1. The quantitative estimate of drug-likeness (QED) is 0.896. The number of nitrogens with two attached hydrogens (primary N) is 1. The zero-order chi connectivity index (χ0) is 15.2. The number of carbonyl (C=O) groups excluding carboxylic acids is 1. The molecule has 2 rings (SSSR count). The lowest BCUT2D eigenvalue weighted by atomic mass is 10.0. The summed E-state index contributed by atoms with van der Waals surface area (Å²) in [5.74, 6) is 0.299. The number of nitrogens with zero attached hydrogens (tertiary/aromatic N) is 2. The van der Waals surface area contributed by atoms with Gasteiger partial charge in [0, 0.05) is 32.7 Å². The van der Waals surface area contributed by atoms with Gasteiger partial charge in [-0.05, 0) is 17.9 Å². The predicted octanol–water partition coefficient (Wildman–Crippen LogP) is 2.55. The van der Waals surface area contributed by atoms with Gasteiger partial charge in [0.25, 0.3) is 0 Å². The van der Waals surface area contributed by atoms with Gasteiger partial charge in [0.2, 0.25) is 5.91 Å². The minimum absolute atomic E-state index is 0. The molecule has 1 heterocycles. The molecule has 1 fully saturated rings. The molecule has 1 aliphatic heterocycles. The van der Waals surface area contributed by atoms with Crippen LogP contribution in [-0.4, -0.2) is 47.9 Å². The molecule has 23 heavy (non-hydrogen) atoms. The van der Waals surface area contributed by atoms with Crippen LogP contribution in [0.2, 0.25) is 0 Å². The van der Waals surface area contributed by atoms with Crippen LogP contribution in [-0.2, 0) is 11.3 Å². The first-order valence-electron chi connectivity index (χ1n) is 7.88. The van der Waals surface area contributed by atoms with Crippen molar-refractivity contribution in [3.63, 3.8) is 0 Å². The molecular weight excluding hydrogens is 333 g/mol. The van der Waals surface area contributed by atoms with E-state index in [0.717, 1.165) is 39.1 Å². The largest absolute Gasteiger partial charge is 0.340 e. The molecule has 0 saturated carbocycles. The average molecular weight is 362 g/mol. The van der Waals surface area contributed by atoms with E-state index in [9.17, 15) is 4.79 Å². The standard InChI is InChI=1S/C17H27N3O.2ClH/c1-14(2)16(18)17(21)20-10-6-9-19(11-12-20)13-15-7-4-3-5-8-15;;/h3-5,7-8,14,16H,6,9-13,18H2,1-2H3;2*1H. The Labute approximate surface area is 152 Å². The molecule has 0 bridgehead atoms. The molecule has 0 spiro atoms. The van der Waals surface area contributed by atoms with Crippen LogP contribution < -0.4 is 5.73 Å². The van der Waals surface area contributed by atoms with E-state index in [4.69, 9.17) is 5.73 Å². The SMILES string of the molecule is CC(C)C(N)C(=O)N1CCCN(Cc2ccccc2)CC1.Cl.Cl. The van der Waals surface area contributed by atoms with Gasteiger partial charge in [-0.1, -0.05) is 44.2 Å². The van der Waals surface area contributed by atoms with Gasteiger partial charge in [0.15, 0.2) is 0 Å². The topological polar surface area (TPSA) is 49.6 Å². The molecule has 1 aromatic carbocycles. The van der Waals surface area contributed by atoms with Crippen LogP contribution in [0.5, 0.6) is 0 Å². The Kier molecular flexibility index (Phi) is 10.5. The highest BCUT2D eigenvalue weighted by Gasteiger charge is 2.25. The molecule has 2 N–H and O–H groups in total. The summed E-state index contributed by atoms with van der Waals surface area (Å²) in [5.41, 5.74) is 7.33. The van der Waals surface area contributed by atoms with Gasteiger partial charge in [-0.2, -0.15) is 0 Å². The summed E-state index contributed by atoms with van der Waals surface area (Å²) in [7, 11) is 0. The van der Waals surface area contributed by atoms with Crippen LogP contribution >= 0.6 is 24.8 Å². The second-order valence-corrected chi connectivity index (χ2v) is 6.21. The lowest BCUT2D eigenvalue weighted by Crippen LogP contribution is -2.47. The molecule has 1 unspecified atom stereocenters. The van der Waals surface area contributed by atoms with Crippen LogP contribution in [0.1, 0.15) is 25.8 Å². The van der Waals surface area contributed by atoms with E-state index in [2.05, 4.69) is 29.2 Å². The highest BCUT2D eigenvalue weighted by Crippen LogP contribution is 2.11. The van der Waals surface area contributed by atoms with Crippen molar-refractivity contribution in [1.82, 2.24) is 9.80 Å². The summed E-state index contributed by atoms with van der Waals surface area (Å²) < 4.78 is 0. The van der Waals surface area contributed by atoms with E-state index in [1.165, 1.54) is 5.56 Å². The van der Waals surface area contributed by atoms with Gasteiger partial charge in [-0.15, -0.1) is 24.8 Å². The monoisotopic (exact) mass is 361 g/mol. The first-order chi connectivity index (χ1) is 10.1. The van der Waals surface area contributed by atoms with Crippen LogP contribution in [0.4, 0.5) is 0 Å². The maximum Gasteiger partial charge on any atom is 0.239 e. The fourth-order valence-electron chi connectivity index (χ4n) is 2.69. The van der Waals surface area contributed by atoms with E-state index < -0.39 is 0 Å². The Bertz CT molecular complexity index is 456. The zero-order valence-electron chi connectivity index (χ0n) is 14.0. The molecule has 1 aromatic rings. The second-order valence-electron chi connectivity index (χ2n) is 6.21. The van der Waals surface area contributed by atoms with E-state index in [0.29, 0.717) is 0 Å². The van der Waals surface area contributed by atoms with Gasteiger partial charge in [-0.3, -0.25) is 9.69 Å². The second kappa shape index (κ2) is 10.9. The maximum absolute atomic E-state index is 12.3. The van der Waals surface area contributed by atoms with Crippen molar-refractivity contribution in [3.8, 4) is 0 Å². The molecule has 6 heteroatoms. The van der Waals surface area contributed by atoms with Crippen molar-refractivity contribution in [1.29, 1.82) is 0 Å². The zero-order valence-corrected chi connectivity index (χ0v) is 15.6. The molecule has 0 aromatic heterocycles. The molecule has 0 aliphatic carbocycles. The molecule has 1 aliphatic rings. The minimum atomic E-state index is -0.370. The Hall–Kier alpha value is -0.810. The number of halogens is 2. The van der Waals surface area contributed by atoms with Crippen LogP contribution in [0, 0.1) is 5.92 Å². The number of rotatable bonds is 4. The molecular formula is C17H29Cl2N3O. The molecule has 132 valence electrons. The number of amides is 1. The highest BCUT2D eigenvalue weighted by molar-refractivity contribution is 5.85. The fraction of sp³-hybridized carbons (Fsp3) is 0.588. The Morgan fingerprint density at radius 3 is 2.35 bits per heavy atom. The van der Waals surface area contributed by atoms with Gasteiger partial charge < -0.3 is 10.6 Å². The third-order valence-electron chi connectivity index (χ3n) is 4.15. The molecule has 1 atom stereocenters. The third kappa shape index (κ3) is 6.68. The van der Waals surface area contributed by atoms with E-state index in [1.54, 1.807) is 0 Å². The van der Waals surface area contributed by atoms with Gasteiger partial charge in [-0.25, -0.2) is 0 Å². The summed E-state index contributed by atoms with van der Waals surface area (Å²) in [5, 5.41) is 0. The van der Waals surface area contributed by atoms with Crippen molar-refractivity contribution in [2.45, 2.75) is 32.9 Å². The maximum atomic E-state index is 12.3. The highest BCUT2D eigenvalue weighted by atomic mass is 35.5. The number of carbonyl (C=O) groups is 1. The summed E-state index contributed by atoms with van der Waals surface area (Å²) in [4.78, 5) is 16.7. The van der Waals surface area contributed by atoms with E-state index in [1.807, 2.05) is 24.8 Å². The third-order valence-corrected chi connectivity index (χ3v) is 4.15. The lowest BCUT2D eigenvalue weighted by Gasteiger charge is -2.26. The lowest BCUT2D eigenvalue weighted by molar-refractivity contribution is -0.133. The van der Waals surface area contributed by atoms with Gasteiger partial charge >= 0.3 is 0 Å². The van der Waals surface area contributed by atoms with E-state index >= 15 is 0 Å². The van der Waals surface area contributed by atoms with Crippen molar-refractivity contribution in [2.75, 3.05) is 26.2 Å². The van der Waals surface area contributed by atoms with Crippen molar-refractivity contribution >= 4 is 30.7 Å². The molecule has 0 radical (unpaired) electrons. The van der Waals surface area contributed by atoms with Gasteiger partial charge in [0.05, 0.1) is 6.04 Å². The van der Waals surface area contributed by atoms with Crippen molar-refractivity contribution in [2.24, 2.45) is 11.7 Å². The first-order valence-corrected chi connectivity index (χ1v) is 7.88. The first kappa shape index (κ1) is 22.2. The summed E-state index contributed by atoms with van der Waals surface area (Å²) >= 11 is 0. The number of hydrogen-bond acceptors (Lipinski definition) is 3. The summed E-state index contributed by atoms with van der Waals surface area (Å²) in [6.45, 7) is 8.53. The molecule has 4 nitrogen and oxygen atoms in total. The fourth-order valence-corrected chi connectivity index (χ4v) is 2.69. The van der Waals surface area contributed by atoms with Gasteiger partial charge in [0.1, 0.15) is 0 Å². The summed E-state index contributed by atoms with van der Waals surface area (Å²) in [6.07, 6.45) is 1.02. The minimum Gasteiger partial charge on any atom is -0.340 e. The Morgan fingerprint density at radius 1 is 1.09 bits per heavy atom. The smallest absolute Gasteiger partial charge is 0.239 e. The average Bonchev–Trinajstić information content (AvgIpc) is 2.72. The Morgan fingerprint density at radius 2 is 1.74 bits per heavy atom. The number of benzene rings is 1. The Balaban J connectivity index is 0.00000242. The van der Waals surface area contributed by atoms with Crippen molar-refractivity contribution in [3.05, 3.63) is 35.9 Å². The predicted molar refractivity (Wildman–Crippen MR) is 100 cm³/mol.